The Bertz CT molecular complexity index is 437. The lowest BCUT2D eigenvalue weighted by Crippen LogP contribution is -2.33. The highest BCUT2D eigenvalue weighted by Gasteiger charge is 2.15. The third-order valence-corrected chi connectivity index (χ3v) is 3.06. The molecule has 0 bridgehead atoms. The molecule has 1 amide bonds. The van der Waals surface area contributed by atoms with Crippen LogP contribution in [0.2, 0.25) is 0 Å². The first-order valence-electron chi connectivity index (χ1n) is 7.28. The number of halogens is 1. The number of amides is 1. The molecule has 20 heavy (non-hydrogen) atoms. The van der Waals surface area contributed by atoms with Gasteiger partial charge in [-0.25, -0.2) is 9.37 Å². The lowest BCUT2D eigenvalue weighted by atomic mass is 10.1. The number of carbonyl (C=O) groups is 1. The van der Waals surface area contributed by atoms with Crippen molar-refractivity contribution in [1.29, 1.82) is 0 Å². The first-order chi connectivity index (χ1) is 9.58. The van der Waals surface area contributed by atoms with Crippen molar-refractivity contribution in [2.24, 2.45) is 0 Å². The molecule has 2 N–H and O–H groups in total. The number of hydrogen-bond donors (Lipinski definition) is 2. The number of pyridine rings is 1. The highest BCUT2D eigenvalue weighted by molar-refractivity contribution is 5.98. The SMILES string of the molecule is CCCCCC(C)NC(=O)c1cc(F)cnc1NCC. The third kappa shape index (κ3) is 5.15. The van der Waals surface area contributed by atoms with E-state index in [0.29, 0.717) is 12.4 Å². The molecule has 1 unspecified atom stereocenters. The maximum atomic E-state index is 13.3. The number of carbonyl (C=O) groups excluding carboxylic acids is 1. The van der Waals surface area contributed by atoms with Gasteiger partial charge in [0.25, 0.3) is 5.91 Å². The van der Waals surface area contributed by atoms with E-state index in [1.807, 2.05) is 13.8 Å². The van der Waals surface area contributed by atoms with Crippen molar-refractivity contribution >= 4 is 11.7 Å². The Hall–Kier alpha value is -1.65. The fourth-order valence-electron chi connectivity index (χ4n) is 1.99. The maximum Gasteiger partial charge on any atom is 0.255 e. The minimum absolute atomic E-state index is 0.0757. The predicted molar refractivity (Wildman–Crippen MR) is 79.4 cm³/mol. The zero-order valence-corrected chi connectivity index (χ0v) is 12.5. The minimum atomic E-state index is -0.504. The van der Waals surface area contributed by atoms with Crippen LogP contribution in [0, 0.1) is 5.82 Å². The standard InChI is InChI=1S/C15H24FN3O/c1-4-6-7-8-11(3)19-15(20)13-9-12(16)10-18-14(13)17-5-2/h9-11H,4-8H2,1-3H3,(H,17,18)(H,19,20). The normalized spacial score (nSPS) is 12.0. The number of aromatic nitrogens is 1. The second-order valence-corrected chi connectivity index (χ2v) is 4.95. The van der Waals surface area contributed by atoms with Gasteiger partial charge in [0.2, 0.25) is 0 Å². The van der Waals surface area contributed by atoms with Crippen LogP contribution in [0.1, 0.15) is 56.8 Å². The van der Waals surface area contributed by atoms with Crippen LogP contribution < -0.4 is 10.6 Å². The van der Waals surface area contributed by atoms with Crippen molar-refractivity contribution in [2.45, 2.75) is 52.5 Å². The van der Waals surface area contributed by atoms with Crippen LogP contribution in [0.25, 0.3) is 0 Å². The summed E-state index contributed by atoms with van der Waals surface area (Å²) in [4.78, 5) is 16.1. The molecule has 0 aliphatic carbocycles. The fourth-order valence-corrected chi connectivity index (χ4v) is 1.99. The summed E-state index contributed by atoms with van der Waals surface area (Å²) < 4.78 is 13.3. The molecule has 0 saturated carbocycles. The van der Waals surface area contributed by atoms with Crippen molar-refractivity contribution in [3.05, 3.63) is 23.6 Å². The largest absolute Gasteiger partial charge is 0.370 e. The van der Waals surface area contributed by atoms with Gasteiger partial charge in [0.1, 0.15) is 11.6 Å². The average molecular weight is 281 g/mol. The van der Waals surface area contributed by atoms with Crippen LogP contribution in [0.15, 0.2) is 12.3 Å². The topological polar surface area (TPSA) is 54.0 Å². The Morgan fingerprint density at radius 2 is 2.15 bits per heavy atom. The molecule has 1 atom stereocenters. The van der Waals surface area contributed by atoms with Gasteiger partial charge in [-0.2, -0.15) is 0 Å². The lowest BCUT2D eigenvalue weighted by Gasteiger charge is -2.15. The molecule has 5 heteroatoms. The van der Waals surface area contributed by atoms with Crippen LogP contribution in [0.3, 0.4) is 0 Å². The van der Waals surface area contributed by atoms with E-state index in [1.54, 1.807) is 0 Å². The number of hydrogen-bond acceptors (Lipinski definition) is 3. The summed E-state index contributed by atoms with van der Waals surface area (Å²) >= 11 is 0. The van der Waals surface area contributed by atoms with E-state index in [2.05, 4.69) is 22.5 Å². The molecular formula is C15H24FN3O. The molecule has 0 fully saturated rings. The zero-order valence-electron chi connectivity index (χ0n) is 12.5. The van der Waals surface area contributed by atoms with Gasteiger partial charge in [-0.1, -0.05) is 26.2 Å². The van der Waals surface area contributed by atoms with Crippen LogP contribution >= 0.6 is 0 Å². The quantitative estimate of drug-likeness (QED) is 0.718. The van der Waals surface area contributed by atoms with Crippen molar-refractivity contribution < 1.29 is 9.18 Å². The zero-order chi connectivity index (χ0) is 15.0. The van der Waals surface area contributed by atoms with Gasteiger partial charge in [0.15, 0.2) is 0 Å². The molecule has 1 heterocycles. The molecule has 0 aromatic carbocycles. The molecule has 112 valence electrons. The monoisotopic (exact) mass is 281 g/mol. The highest BCUT2D eigenvalue weighted by Crippen LogP contribution is 2.14. The minimum Gasteiger partial charge on any atom is -0.370 e. The summed E-state index contributed by atoms with van der Waals surface area (Å²) in [5.41, 5.74) is 0.259. The van der Waals surface area contributed by atoms with Gasteiger partial charge in [-0.15, -0.1) is 0 Å². The van der Waals surface area contributed by atoms with Crippen molar-refractivity contribution in [2.75, 3.05) is 11.9 Å². The number of nitrogens with zero attached hydrogens (tertiary/aromatic N) is 1. The van der Waals surface area contributed by atoms with Crippen LogP contribution in [-0.2, 0) is 0 Å². The Labute approximate surface area is 120 Å². The van der Waals surface area contributed by atoms with E-state index >= 15 is 0 Å². The number of rotatable bonds is 8. The van der Waals surface area contributed by atoms with Gasteiger partial charge in [0, 0.05) is 12.6 Å². The number of anilines is 1. The van der Waals surface area contributed by atoms with Gasteiger partial charge in [0.05, 0.1) is 11.8 Å². The maximum absolute atomic E-state index is 13.3. The third-order valence-electron chi connectivity index (χ3n) is 3.06. The van der Waals surface area contributed by atoms with E-state index in [4.69, 9.17) is 0 Å². The van der Waals surface area contributed by atoms with E-state index in [1.165, 1.54) is 6.07 Å². The summed E-state index contributed by atoms with van der Waals surface area (Å²) in [5, 5.41) is 5.87. The van der Waals surface area contributed by atoms with Gasteiger partial charge >= 0.3 is 0 Å². The van der Waals surface area contributed by atoms with Gasteiger partial charge in [-0.05, 0) is 26.3 Å². The smallest absolute Gasteiger partial charge is 0.255 e. The summed E-state index contributed by atoms with van der Waals surface area (Å²) in [7, 11) is 0. The van der Waals surface area contributed by atoms with Crippen molar-refractivity contribution in [3.63, 3.8) is 0 Å². The Morgan fingerprint density at radius 1 is 1.40 bits per heavy atom. The van der Waals surface area contributed by atoms with E-state index in [-0.39, 0.29) is 17.5 Å². The molecule has 1 rings (SSSR count). The van der Waals surface area contributed by atoms with Crippen LogP contribution in [-0.4, -0.2) is 23.5 Å². The first kappa shape index (κ1) is 16.4. The summed E-state index contributed by atoms with van der Waals surface area (Å²) in [6.45, 7) is 6.64. The van der Waals surface area contributed by atoms with Crippen LogP contribution in [0.4, 0.5) is 10.2 Å². The van der Waals surface area contributed by atoms with E-state index in [0.717, 1.165) is 31.9 Å². The molecule has 1 aromatic heterocycles. The van der Waals surface area contributed by atoms with E-state index in [9.17, 15) is 9.18 Å². The van der Waals surface area contributed by atoms with Crippen molar-refractivity contribution in [3.8, 4) is 0 Å². The second kappa shape index (κ2) is 8.51. The van der Waals surface area contributed by atoms with Gasteiger partial charge in [-0.3, -0.25) is 4.79 Å². The fraction of sp³-hybridized carbons (Fsp3) is 0.600. The average Bonchev–Trinajstić information content (AvgIpc) is 2.41. The molecular weight excluding hydrogens is 257 g/mol. The lowest BCUT2D eigenvalue weighted by molar-refractivity contribution is 0.0938. The second-order valence-electron chi connectivity index (χ2n) is 4.95. The predicted octanol–water partition coefficient (Wildman–Crippen LogP) is 3.35. The highest BCUT2D eigenvalue weighted by atomic mass is 19.1. The molecule has 0 spiro atoms. The van der Waals surface area contributed by atoms with E-state index < -0.39 is 5.82 Å². The molecule has 4 nitrogen and oxygen atoms in total. The summed E-state index contributed by atoms with van der Waals surface area (Å²) in [5.74, 6) is -0.362. The van der Waals surface area contributed by atoms with Crippen molar-refractivity contribution in [1.82, 2.24) is 10.3 Å². The molecule has 0 radical (unpaired) electrons. The Balaban J connectivity index is 2.68. The summed E-state index contributed by atoms with van der Waals surface area (Å²) in [6.07, 6.45) is 5.43. The number of nitrogens with one attached hydrogen (secondary N) is 2. The van der Waals surface area contributed by atoms with Gasteiger partial charge < -0.3 is 10.6 Å². The molecule has 0 aliphatic heterocycles. The molecule has 0 aliphatic rings. The number of unbranched alkanes of at least 4 members (excludes halogenated alkanes) is 2. The Kier molecular flexibility index (Phi) is 6.98. The molecule has 0 saturated heterocycles. The summed E-state index contributed by atoms with van der Waals surface area (Å²) in [6, 6.07) is 1.30. The Morgan fingerprint density at radius 3 is 2.80 bits per heavy atom. The van der Waals surface area contributed by atoms with Crippen LogP contribution in [0.5, 0.6) is 0 Å². The molecule has 1 aromatic rings. The first-order valence-corrected chi connectivity index (χ1v) is 7.28.